The van der Waals surface area contributed by atoms with Gasteiger partial charge in [-0.25, -0.2) is 18.8 Å². The molecule has 0 bridgehead atoms. The highest BCUT2D eigenvalue weighted by molar-refractivity contribution is 7.92. The van der Waals surface area contributed by atoms with E-state index in [1.807, 2.05) is 30.3 Å². The second-order valence-corrected chi connectivity index (χ2v) is 10.5. The van der Waals surface area contributed by atoms with Gasteiger partial charge in [-0.05, 0) is 48.5 Å². The van der Waals surface area contributed by atoms with Crippen LogP contribution in [-0.2, 0) is 10.0 Å². The first-order valence-electron chi connectivity index (χ1n) is 10.0. The van der Waals surface area contributed by atoms with Crippen molar-refractivity contribution in [1.82, 2.24) is 10.4 Å². The number of anilines is 3. The van der Waals surface area contributed by atoms with Crippen molar-refractivity contribution in [3.63, 3.8) is 0 Å². The number of nitrogens with zero attached hydrogens (tertiary/aromatic N) is 2. The van der Waals surface area contributed by atoms with E-state index in [9.17, 15) is 13.2 Å². The molecule has 0 unspecified atom stereocenters. The van der Waals surface area contributed by atoms with Crippen LogP contribution in [0.5, 0.6) is 0 Å². The van der Waals surface area contributed by atoms with Gasteiger partial charge in [0, 0.05) is 16.3 Å². The van der Waals surface area contributed by atoms with Crippen molar-refractivity contribution in [2.24, 2.45) is 5.10 Å². The maximum Gasteiger partial charge on any atom is 0.271 e. The molecule has 0 fully saturated rings. The third-order valence-corrected chi connectivity index (χ3v) is 7.39. The summed E-state index contributed by atoms with van der Waals surface area (Å²) < 4.78 is 27.9. The lowest BCUT2D eigenvalue weighted by Crippen LogP contribution is -2.19. The molecule has 0 atom stereocenters. The fourth-order valence-corrected chi connectivity index (χ4v) is 5.21. The summed E-state index contributed by atoms with van der Waals surface area (Å²) >= 11 is 13.3. The number of carbonyl (C=O) groups excluding carboxylic acids is 1. The molecule has 0 aliphatic heterocycles. The van der Waals surface area contributed by atoms with Crippen LogP contribution in [0.15, 0.2) is 88.9 Å². The zero-order valence-corrected chi connectivity index (χ0v) is 20.9. The molecule has 3 N–H and O–H groups in total. The van der Waals surface area contributed by atoms with Gasteiger partial charge in [-0.15, -0.1) is 0 Å². The lowest BCUT2D eigenvalue weighted by Gasteiger charge is -2.09. The van der Waals surface area contributed by atoms with Crippen LogP contribution in [0.4, 0.5) is 16.5 Å². The molecule has 3 aromatic carbocycles. The van der Waals surface area contributed by atoms with E-state index in [0.717, 1.165) is 5.69 Å². The number of amides is 1. The standard InChI is InChI=1S/C23H17Cl2N5O3S2/c24-16-7-5-10-18(13-16)30-35(32,33)19-11-4-6-15(12-19)22(31)29-26-14-20-21(25)28-23(34-20)27-17-8-2-1-3-9-17/h1-14,30H,(H,27,28)(H,29,31)/b26-14+. The molecular formula is C23H17Cl2N5O3S2. The van der Waals surface area contributed by atoms with E-state index in [0.29, 0.717) is 20.7 Å². The maximum absolute atomic E-state index is 12.7. The van der Waals surface area contributed by atoms with Gasteiger partial charge >= 0.3 is 0 Å². The topological polar surface area (TPSA) is 113 Å². The van der Waals surface area contributed by atoms with Gasteiger partial charge in [-0.1, -0.05) is 64.9 Å². The average molecular weight is 546 g/mol. The SMILES string of the molecule is O=C(N/N=C/c1sc(Nc2ccccc2)nc1Cl)c1cccc(S(=O)(=O)Nc2cccc(Cl)c2)c1. The molecule has 12 heteroatoms. The van der Waals surface area contributed by atoms with Crippen molar-refractivity contribution in [2.75, 3.05) is 10.0 Å². The van der Waals surface area contributed by atoms with Gasteiger partial charge in [0.15, 0.2) is 10.3 Å². The Morgan fingerprint density at radius 2 is 1.69 bits per heavy atom. The van der Waals surface area contributed by atoms with Gasteiger partial charge in [0.05, 0.1) is 21.7 Å². The van der Waals surface area contributed by atoms with Crippen LogP contribution < -0.4 is 15.5 Å². The fraction of sp³-hybridized carbons (Fsp3) is 0. The van der Waals surface area contributed by atoms with E-state index >= 15 is 0 Å². The summed E-state index contributed by atoms with van der Waals surface area (Å²) in [6.07, 6.45) is 1.37. The number of carbonyl (C=O) groups is 1. The van der Waals surface area contributed by atoms with E-state index in [1.165, 1.54) is 47.9 Å². The number of sulfonamides is 1. The van der Waals surface area contributed by atoms with Gasteiger partial charge in [0.1, 0.15) is 0 Å². The molecule has 0 saturated carbocycles. The van der Waals surface area contributed by atoms with Gasteiger partial charge in [0.2, 0.25) is 0 Å². The number of hydrogen-bond donors (Lipinski definition) is 3. The van der Waals surface area contributed by atoms with E-state index in [4.69, 9.17) is 23.2 Å². The number of halogens is 2. The minimum atomic E-state index is -3.94. The van der Waals surface area contributed by atoms with Crippen molar-refractivity contribution in [3.8, 4) is 0 Å². The highest BCUT2D eigenvalue weighted by Crippen LogP contribution is 2.28. The predicted octanol–water partition coefficient (Wildman–Crippen LogP) is 5.76. The quantitative estimate of drug-likeness (QED) is 0.192. The summed E-state index contributed by atoms with van der Waals surface area (Å²) in [7, 11) is -3.94. The number of aromatic nitrogens is 1. The van der Waals surface area contributed by atoms with Crippen LogP contribution in [0.25, 0.3) is 0 Å². The summed E-state index contributed by atoms with van der Waals surface area (Å²) in [5, 5.41) is 8.24. The summed E-state index contributed by atoms with van der Waals surface area (Å²) in [5.74, 6) is -0.593. The smallest absolute Gasteiger partial charge is 0.271 e. The van der Waals surface area contributed by atoms with Crippen LogP contribution in [-0.4, -0.2) is 25.5 Å². The minimum absolute atomic E-state index is 0.0868. The van der Waals surface area contributed by atoms with Crippen molar-refractivity contribution < 1.29 is 13.2 Å². The fourth-order valence-electron chi connectivity index (χ4n) is 2.88. The minimum Gasteiger partial charge on any atom is -0.331 e. The Bertz CT molecular complexity index is 1490. The first kappa shape index (κ1) is 24.7. The maximum atomic E-state index is 12.7. The number of hydrogen-bond acceptors (Lipinski definition) is 7. The molecule has 0 radical (unpaired) electrons. The number of rotatable bonds is 8. The molecule has 0 aliphatic carbocycles. The van der Waals surface area contributed by atoms with Gasteiger partial charge in [-0.2, -0.15) is 5.10 Å². The normalized spacial score (nSPS) is 11.4. The highest BCUT2D eigenvalue weighted by Gasteiger charge is 2.17. The van der Waals surface area contributed by atoms with Gasteiger partial charge < -0.3 is 5.32 Å². The number of nitrogens with one attached hydrogen (secondary N) is 3. The molecule has 0 saturated heterocycles. The van der Waals surface area contributed by atoms with Crippen LogP contribution >= 0.6 is 34.5 Å². The number of benzene rings is 3. The van der Waals surface area contributed by atoms with Crippen molar-refractivity contribution in [2.45, 2.75) is 4.90 Å². The predicted molar refractivity (Wildman–Crippen MR) is 141 cm³/mol. The average Bonchev–Trinajstić information content (AvgIpc) is 3.18. The molecule has 1 amide bonds. The van der Waals surface area contributed by atoms with Crippen molar-refractivity contribution in [1.29, 1.82) is 0 Å². The van der Waals surface area contributed by atoms with Gasteiger partial charge in [0.25, 0.3) is 15.9 Å². The summed E-state index contributed by atoms with van der Waals surface area (Å²) in [5.41, 5.74) is 3.64. The van der Waals surface area contributed by atoms with Crippen molar-refractivity contribution in [3.05, 3.63) is 99.5 Å². The van der Waals surface area contributed by atoms with E-state index < -0.39 is 15.9 Å². The molecule has 4 rings (SSSR count). The lowest BCUT2D eigenvalue weighted by atomic mass is 10.2. The Hall–Kier alpha value is -3.44. The Morgan fingerprint density at radius 1 is 0.943 bits per heavy atom. The Balaban J connectivity index is 1.42. The monoisotopic (exact) mass is 545 g/mol. The second kappa shape index (κ2) is 10.9. The number of hydrazone groups is 1. The zero-order chi connectivity index (χ0) is 24.8. The van der Waals surface area contributed by atoms with Crippen LogP contribution in [0.2, 0.25) is 10.2 Å². The Morgan fingerprint density at radius 3 is 2.46 bits per heavy atom. The number of thiazole rings is 1. The first-order chi connectivity index (χ1) is 16.8. The summed E-state index contributed by atoms with van der Waals surface area (Å²) in [6.45, 7) is 0. The molecule has 0 spiro atoms. The van der Waals surface area contributed by atoms with Gasteiger partial charge in [-0.3, -0.25) is 9.52 Å². The summed E-state index contributed by atoms with van der Waals surface area (Å²) in [4.78, 5) is 17.2. The molecule has 0 aliphatic rings. The molecular weight excluding hydrogens is 529 g/mol. The second-order valence-electron chi connectivity index (χ2n) is 7.01. The number of para-hydroxylation sites is 1. The Labute approximate surface area is 215 Å². The van der Waals surface area contributed by atoms with Crippen LogP contribution in [0.1, 0.15) is 15.2 Å². The molecule has 8 nitrogen and oxygen atoms in total. The van der Waals surface area contributed by atoms with Crippen molar-refractivity contribution >= 4 is 73.2 Å². The van der Waals surface area contributed by atoms with Crippen LogP contribution in [0.3, 0.4) is 0 Å². The van der Waals surface area contributed by atoms with E-state index in [-0.39, 0.29) is 15.6 Å². The van der Waals surface area contributed by atoms with E-state index in [2.05, 4.69) is 25.6 Å². The van der Waals surface area contributed by atoms with Crippen LogP contribution in [0, 0.1) is 0 Å². The summed E-state index contributed by atoms with van der Waals surface area (Å²) in [6, 6.07) is 21.3. The molecule has 35 heavy (non-hydrogen) atoms. The highest BCUT2D eigenvalue weighted by atomic mass is 35.5. The molecule has 1 heterocycles. The lowest BCUT2D eigenvalue weighted by molar-refractivity contribution is 0.0955. The molecule has 178 valence electrons. The molecule has 1 aromatic heterocycles. The third-order valence-electron chi connectivity index (χ3n) is 4.47. The first-order valence-corrected chi connectivity index (χ1v) is 13.1. The Kier molecular flexibility index (Phi) is 7.67. The zero-order valence-electron chi connectivity index (χ0n) is 17.8. The van der Waals surface area contributed by atoms with E-state index in [1.54, 1.807) is 18.2 Å². The third kappa shape index (κ3) is 6.58. The largest absolute Gasteiger partial charge is 0.331 e. The molecule has 4 aromatic rings.